The Morgan fingerprint density at radius 2 is 1.54 bits per heavy atom. The van der Waals surface area contributed by atoms with E-state index < -0.39 is 48.4 Å². The van der Waals surface area contributed by atoms with Crippen molar-refractivity contribution in [2.75, 3.05) is 35.2 Å². The van der Waals surface area contributed by atoms with Crippen LogP contribution in [0.2, 0.25) is 0 Å². The fourth-order valence-corrected chi connectivity index (χ4v) is 8.25. The number of halogens is 3. The number of aliphatic hydroxyl groups excluding tert-OH is 1. The highest BCUT2D eigenvalue weighted by atomic mass is 19.4. The summed E-state index contributed by atoms with van der Waals surface area (Å²) in [4.78, 5) is 54.2. The summed E-state index contributed by atoms with van der Waals surface area (Å²) in [6.45, 7) is 3.11. The van der Waals surface area contributed by atoms with E-state index in [-0.39, 0.29) is 41.9 Å². The molecule has 1 saturated carbocycles. The molecule has 0 radical (unpaired) electrons. The molecule has 18 heteroatoms. The first-order chi connectivity index (χ1) is 31.4. The van der Waals surface area contributed by atoms with Gasteiger partial charge in [0.25, 0.3) is 0 Å². The number of hydrogen-bond donors (Lipinski definition) is 5. The number of benzene rings is 4. The number of hydrogen-bond acceptors (Lipinski definition) is 11. The van der Waals surface area contributed by atoms with Gasteiger partial charge in [-0.3, -0.25) is 4.79 Å². The van der Waals surface area contributed by atoms with E-state index in [0.29, 0.717) is 49.9 Å². The Hall–Kier alpha value is -7.21. The molecule has 15 nitrogen and oxygen atoms in total. The molecular formula is C47H48F3N9O6. The number of imidazole rings is 1. The van der Waals surface area contributed by atoms with E-state index in [9.17, 15) is 32.7 Å². The van der Waals surface area contributed by atoms with Crippen molar-refractivity contribution < 1.29 is 42.1 Å². The van der Waals surface area contributed by atoms with Gasteiger partial charge in [0.05, 0.1) is 18.4 Å². The summed E-state index contributed by atoms with van der Waals surface area (Å²) in [5.41, 5.74) is 4.14. The standard InChI is InChI=1S/C47H48F3N9O6/c1-2-38(60)55-36-24-37(41(40(36)61)65-44(62)47(48,49)50)59-28-52-39-42(51-25-35(30-14-8-4-9-15-30)31-16-10-5-11-17-31)56-45(57-43(39)59)58-23-22-33(26-58)54-46(63)53-32-18-20-34(21-19-32)64-27-29-12-6-3-7-13-29/h3-21,28,33,35-37,40-41,61H,2,22-27H2,1H3,(H,55,60)(H,51,56,57)(H2,53,54,63)/t33-,36+,37-,40-,41+/m1/s1. The second-order valence-electron chi connectivity index (χ2n) is 16.0. The molecule has 0 spiro atoms. The number of anilines is 3. The van der Waals surface area contributed by atoms with Gasteiger partial charge in [-0.25, -0.2) is 14.6 Å². The number of rotatable bonds is 15. The molecule has 2 aliphatic rings. The lowest BCUT2D eigenvalue weighted by Crippen LogP contribution is -2.45. The van der Waals surface area contributed by atoms with E-state index in [1.807, 2.05) is 95.9 Å². The number of ether oxygens (including phenoxy) is 2. The smallest absolute Gasteiger partial charge is 0.489 e. The Morgan fingerprint density at radius 3 is 2.18 bits per heavy atom. The number of esters is 1. The largest absolute Gasteiger partial charge is 0.490 e. The summed E-state index contributed by atoms with van der Waals surface area (Å²) in [6, 6.07) is 33.7. The van der Waals surface area contributed by atoms with Crippen molar-refractivity contribution in [3.63, 3.8) is 0 Å². The van der Waals surface area contributed by atoms with Crippen LogP contribution in [0.3, 0.4) is 0 Å². The van der Waals surface area contributed by atoms with Crippen LogP contribution < -0.4 is 30.9 Å². The van der Waals surface area contributed by atoms with Crippen LogP contribution in [0.1, 0.15) is 54.8 Å². The minimum absolute atomic E-state index is 0.0545. The molecule has 1 aliphatic carbocycles. The maximum Gasteiger partial charge on any atom is 0.490 e. The van der Waals surface area contributed by atoms with Crippen molar-refractivity contribution in [1.29, 1.82) is 0 Å². The quantitative estimate of drug-likeness (QED) is 0.0690. The minimum Gasteiger partial charge on any atom is -0.489 e. The van der Waals surface area contributed by atoms with E-state index in [1.54, 1.807) is 31.2 Å². The number of aliphatic hydroxyl groups is 1. The minimum atomic E-state index is -5.34. The molecular weight excluding hydrogens is 844 g/mol. The molecule has 8 rings (SSSR count). The van der Waals surface area contributed by atoms with Gasteiger partial charge in [0, 0.05) is 43.7 Å². The Kier molecular flexibility index (Phi) is 13.4. The molecule has 3 heterocycles. The molecule has 338 valence electrons. The SMILES string of the molecule is CCC(=O)N[C@H]1C[C@@H](n2cnc3c(NCC(c4ccccc4)c4ccccc4)nc(N4CC[C@@H](NC(=O)Nc5ccc(OCc6ccccc6)cc5)C4)nc32)[C@H](OC(=O)C(F)(F)F)[C@@H]1O. The predicted octanol–water partition coefficient (Wildman–Crippen LogP) is 6.72. The van der Waals surface area contributed by atoms with Gasteiger partial charge in [-0.05, 0) is 53.8 Å². The number of carbonyl (C=O) groups excluding carboxylic acids is 3. The van der Waals surface area contributed by atoms with Gasteiger partial charge >= 0.3 is 18.2 Å². The molecule has 65 heavy (non-hydrogen) atoms. The van der Waals surface area contributed by atoms with E-state index in [4.69, 9.17) is 19.4 Å². The number of nitrogens with zero attached hydrogens (tertiary/aromatic N) is 5. The van der Waals surface area contributed by atoms with E-state index in [0.717, 1.165) is 16.7 Å². The maximum atomic E-state index is 13.6. The molecule has 4 aromatic carbocycles. The number of amides is 3. The van der Waals surface area contributed by atoms with Gasteiger partial charge in [0.15, 0.2) is 23.1 Å². The fraction of sp³-hybridized carbons (Fsp3) is 0.319. The monoisotopic (exact) mass is 891 g/mol. The maximum absolute atomic E-state index is 13.6. The summed E-state index contributed by atoms with van der Waals surface area (Å²) >= 11 is 0. The van der Waals surface area contributed by atoms with Crippen molar-refractivity contribution in [3.8, 4) is 5.75 Å². The first-order valence-corrected chi connectivity index (χ1v) is 21.4. The highest BCUT2D eigenvalue weighted by Crippen LogP contribution is 2.38. The number of alkyl halides is 3. The Balaban J connectivity index is 1.05. The Bertz CT molecular complexity index is 2530. The van der Waals surface area contributed by atoms with Gasteiger partial charge in [0.2, 0.25) is 11.9 Å². The van der Waals surface area contributed by atoms with Crippen LogP contribution in [-0.4, -0.2) is 92.6 Å². The number of nitrogens with one attached hydrogen (secondary N) is 4. The molecule has 5 atom stereocenters. The number of carbonyl (C=O) groups is 3. The van der Waals surface area contributed by atoms with Gasteiger partial charge in [-0.1, -0.05) is 97.9 Å². The predicted molar refractivity (Wildman–Crippen MR) is 236 cm³/mol. The number of aromatic nitrogens is 4. The van der Waals surface area contributed by atoms with Crippen molar-refractivity contribution >= 4 is 46.5 Å². The molecule has 0 bridgehead atoms. The second kappa shape index (κ2) is 19.7. The molecule has 1 aliphatic heterocycles. The van der Waals surface area contributed by atoms with Crippen molar-refractivity contribution in [2.24, 2.45) is 0 Å². The topological polar surface area (TPSA) is 185 Å². The molecule has 6 aromatic rings. The van der Waals surface area contributed by atoms with E-state index in [2.05, 4.69) is 26.3 Å². The lowest BCUT2D eigenvalue weighted by atomic mass is 9.91. The molecule has 2 fully saturated rings. The average Bonchev–Trinajstić information content (AvgIpc) is 4.04. The number of fused-ring (bicyclic) bond motifs is 1. The summed E-state index contributed by atoms with van der Waals surface area (Å²) in [5.74, 6) is -1.84. The zero-order valence-electron chi connectivity index (χ0n) is 35.3. The molecule has 2 aromatic heterocycles. The first kappa shape index (κ1) is 44.4. The van der Waals surface area contributed by atoms with Crippen LogP contribution in [0.4, 0.5) is 35.4 Å². The van der Waals surface area contributed by atoms with Gasteiger partial charge < -0.3 is 45.3 Å². The fourth-order valence-electron chi connectivity index (χ4n) is 8.25. The van der Waals surface area contributed by atoms with Gasteiger partial charge in [-0.2, -0.15) is 23.1 Å². The summed E-state index contributed by atoms with van der Waals surface area (Å²) in [7, 11) is 0. The van der Waals surface area contributed by atoms with Crippen LogP contribution in [0, 0.1) is 0 Å². The lowest BCUT2D eigenvalue weighted by Gasteiger charge is -2.25. The summed E-state index contributed by atoms with van der Waals surface area (Å²) in [6.07, 6.45) is -6.90. The molecule has 0 unspecified atom stereocenters. The lowest BCUT2D eigenvalue weighted by molar-refractivity contribution is -0.209. The number of urea groups is 1. The van der Waals surface area contributed by atoms with Crippen LogP contribution >= 0.6 is 0 Å². The highest BCUT2D eigenvalue weighted by molar-refractivity contribution is 5.89. The van der Waals surface area contributed by atoms with E-state index in [1.165, 1.54) is 10.9 Å². The summed E-state index contributed by atoms with van der Waals surface area (Å²) in [5, 5.41) is 23.3. The van der Waals surface area contributed by atoms with Gasteiger partial charge in [-0.15, -0.1) is 0 Å². The van der Waals surface area contributed by atoms with Crippen LogP contribution in [0.5, 0.6) is 5.75 Å². The van der Waals surface area contributed by atoms with Crippen LogP contribution in [0.15, 0.2) is 122 Å². The highest BCUT2D eigenvalue weighted by Gasteiger charge is 2.51. The normalized spacial score (nSPS) is 19.5. The third kappa shape index (κ3) is 10.6. The third-order valence-electron chi connectivity index (χ3n) is 11.6. The average molecular weight is 892 g/mol. The zero-order valence-corrected chi connectivity index (χ0v) is 35.3. The van der Waals surface area contributed by atoms with Crippen molar-refractivity contribution in [1.82, 2.24) is 30.2 Å². The Morgan fingerprint density at radius 1 is 0.877 bits per heavy atom. The molecule has 1 saturated heterocycles. The second-order valence-corrected chi connectivity index (χ2v) is 16.0. The third-order valence-corrected chi connectivity index (χ3v) is 11.6. The van der Waals surface area contributed by atoms with Crippen molar-refractivity contribution in [3.05, 3.63) is 138 Å². The summed E-state index contributed by atoms with van der Waals surface area (Å²) < 4.78 is 53.0. The van der Waals surface area contributed by atoms with Crippen LogP contribution in [-0.2, 0) is 20.9 Å². The zero-order chi connectivity index (χ0) is 45.5. The Labute approximate surface area is 372 Å². The van der Waals surface area contributed by atoms with Gasteiger partial charge in [0.1, 0.15) is 18.5 Å². The van der Waals surface area contributed by atoms with Crippen LogP contribution in [0.25, 0.3) is 11.2 Å². The molecule has 3 amide bonds. The van der Waals surface area contributed by atoms with Crippen molar-refractivity contribution in [2.45, 2.75) is 75.2 Å². The molecule has 5 N–H and O–H groups in total. The van der Waals surface area contributed by atoms with E-state index >= 15 is 0 Å². The first-order valence-electron chi connectivity index (χ1n) is 21.4.